The Balaban J connectivity index is 1.78. The number of β-lactam (4-membered cyclic amide) rings is 1. The molecule has 1 N–H and O–H groups in total. The molecule has 1 saturated carbocycles. The van der Waals surface area contributed by atoms with Gasteiger partial charge in [0.05, 0.1) is 12.1 Å². The maximum Gasteiger partial charge on any atom is 0.238 e. The molecule has 0 bridgehead atoms. The fraction of sp³-hybridized carbons (Fsp3) is 0.533. The van der Waals surface area contributed by atoms with Crippen LogP contribution in [0.2, 0.25) is 0 Å². The molecule has 1 amide bonds. The van der Waals surface area contributed by atoms with Crippen LogP contribution in [0.3, 0.4) is 0 Å². The Morgan fingerprint density at radius 2 is 1.74 bits per heavy atom. The number of aliphatic hydroxyl groups is 1. The van der Waals surface area contributed by atoms with Gasteiger partial charge in [-0.15, -0.1) is 0 Å². The van der Waals surface area contributed by atoms with Crippen molar-refractivity contribution >= 4 is 18.5 Å². The van der Waals surface area contributed by atoms with Crippen molar-refractivity contribution in [2.24, 2.45) is 0 Å². The van der Waals surface area contributed by atoms with Gasteiger partial charge < -0.3 is 10.0 Å². The van der Waals surface area contributed by atoms with E-state index in [0.29, 0.717) is 0 Å². The zero-order chi connectivity index (χ0) is 13.4. The van der Waals surface area contributed by atoms with Crippen molar-refractivity contribution in [3.63, 3.8) is 0 Å². The second-order valence-electron chi connectivity index (χ2n) is 5.51. The van der Waals surface area contributed by atoms with Crippen molar-refractivity contribution in [3.05, 3.63) is 35.9 Å². The third kappa shape index (κ3) is 2.28. The molecule has 0 aromatic heterocycles. The van der Waals surface area contributed by atoms with Crippen molar-refractivity contribution in [1.82, 2.24) is 4.90 Å². The van der Waals surface area contributed by atoms with Gasteiger partial charge in [-0.3, -0.25) is 4.79 Å². The molecule has 3 rings (SSSR count). The lowest BCUT2D eigenvalue weighted by atomic mass is 9.85. The van der Waals surface area contributed by atoms with Crippen LogP contribution in [0, 0.1) is 0 Å². The zero-order valence-corrected chi connectivity index (χ0v) is 11.7. The van der Waals surface area contributed by atoms with Crippen molar-refractivity contribution in [3.8, 4) is 0 Å². The number of hydrogen-bond donors (Lipinski definition) is 2. The molecule has 0 spiro atoms. The van der Waals surface area contributed by atoms with Crippen LogP contribution in [0.25, 0.3) is 0 Å². The summed E-state index contributed by atoms with van der Waals surface area (Å²) in [6.07, 6.45) is 3.21. The van der Waals surface area contributed by atoms with E-state index in [2.05, 4.69) is 24.8 Å². The number of hydrogen-bond acceptors (Lipinski definition) is 3. The lowest BCUT2D eigenvalue weighted by Crippen LogP contribution is -2.60. The van der Waals surface area contributed by atoms with Gasteiger partial charge in [0.1, 0.15) is 5.25 Å². The number of benzene rings is 1. The van der Waals surface area contributed by atoms with E-state index in [9.17, 15) is 9.90 Å². The van der Waals surface area contributed by atoms with Crippen molar-refractivity contribution < 1.29 is 9.90 Å². The number of nitrogens with zero attached hydrogens (tertiary/aromatic N) is 1. The number of thiol groups is 1. The third-order valence-corrected chi connectivity index (χ3v) is 4.81. The van der Waals surface area contributed by atoms with Gasteiger partial charge in [-0.25, -0.2) is 0 Å². The van der Waals surface area contributed by atoms with Gasteiger partial charge in [-0.2, -0.15) is 12.6 Å². The average Bonchev–Trinajstić information content (AvgIpc) is 2.46. The van der Waals surface area contributed by atoms with Crippen LogP contribution in [0.5, 0.6) is 0 Å². The molecule has 2 atom stereocenters. The first kappa shape index (κ1) is 13.0. The second kappa shape index (κ2) is 5.17. The summed E-state index contributed by atoms with van der Waals surface area (Å²) in [6, 6.07) is 10.5. The minimum Gasteiger partial charge on any atom is -0.393 e. The minimum absolute atomic E-state index is 0.0947. The van der Waals surface area contributed by atoms with Gasteiger partial charge >= 0.3 is 0 Å². The number of likely N-dealkylation sites (tertiary alicyclic amines) is 1. The highest BCUT2D eigenvalue weighted by molar-refractivity contribution is 7.82. The van der Waals surface area contributed by atoms with Gasteiger partial charge in [0, 0.05) is 6.04 Å². The Morgan fingerprint density at radius 3 is 2.37 bits per heavy atom. The van der Waals surface area contributed by atoms with E-state index in [1.807, 2.05) is 23.1 Å². The first-order valence-electron chi connectivity index (χ1n) is 6.91. The van der Waals surface area contributed by atoms with Crippen LogP contribution in [0.4, 0.5) is 0 Å². The number of amides is 1. The molecule has 1 aliphatic heterocycles. The molecule has 2 aliphatic rings. The molecule has 2 fully saturated rings. The fourth-order valence-corrected chi connectivity index (χ4v) is 3.68. The van der Waals surface area contributed by atoms with Crippen LogP contribution >= 0.6 is 12.6 Å². The van der Waals surface area contributed by atoms with E-state index in [-0.39, 0.29) is 29.3 Å². The molecule has 3 nitrogen and oxygen atoms in total. The third-order valence-electron chi connectivity index (χ3n) is 4.31. The van der Waals surface area contributed by atoms with Crippen molar-refractivity contribution in [1.29, 1.82) is 0 Å². The molecule has 19 heavy (non-hydrogen) atoms. The average molecular weight is 277 g/mol. The highest BCUT2D eigenvalue weighted by atomic mass is 32.1. The summed E-state index contributed by atoms with van der Waals surface area (Å²) in [5.41, 5.74) is 1.16. The van der Waals surface area contributed by atoms with E-state index >= 15 is 0 Å². The van der Waals surface area contributed by atoms with E-state index in [1.54, 1.807) is 0 Å². The number of carbonyl (C=O) groups excluding carboxylic acids is 1. The SMILES string of the molecule is O=C1[C@H](S)C(c2ccccc2)N1C1CCC(O)CC1. The maximum atomic E-state index is 12.1. The Morgan fingerprint density at radius 1 is 1.11 bits per heavy atom. The molecule has 0 radical (unpaired) electrons. The largest absolute Gasteiger partial charge is 0.393 e. The van der Waals surface area contributed by atoms with Crippen LogP contribution in [0.1, 0.15) is 37.3 Å². The lowest BCUT2D eigenvalue weighted by molar-refractivity contribution is -0.150. The van der Waals surface area contributed by atoms with Crippen molar-refractivity contribution in [2.75, 3.05) is 0 Å². The topological polar surface area (TPSA) is 40.5 Å². The van der Waals surface area contributed by atoms with Crippen LogP contribution < -0.4 is 0 Å². The van der Waals surface area contributed by atoms with Crippen LogP contribution in [0.15, 0.2) is 30.3 Å². The maximum absolute atomic E-state index is 12.1. The summed E-state index contributed by atoms with van der Waals surface area (Å²) < 4.78 is 0. The molecule has 1 heterocycles. The second-order valence-corrected chi connectivity index (χ2v) is 6.06. The van der Waals surface area contributed by atoms with Gasteiger partial charge in [0.15, 0.2) is 0 Å². The van der Waals surface area contributed by atoms with E-state index in [1.165, 1.54) is 0 Å². The van der Waals surface area contributed by atoms with Gasteiger partial charge in [-0.05, 0) is 31.2 Å². The summed E-state index contributed by atoms with van der Waals surface area (Å²) in [6.45, 7) is 0. The quantitative estimate of drug-likeness (QED) is 0.642. The lowest BCUT2D eigenvalue weighted by Gasteiger charge is -2.51. The molecule has 1 unspecified atom stereocenters. The number of carbonyl (C=O) groups is 1. The van der Waals surface area contributed by atoms with E-state index in [4.69, 9.17) is 0 Å². The first-order chi connectivity index (χ1) is 9.18. The molecular formula is C15H19NO2S. The Kier molecular flexibility index (Phi) is 3.54. The summed E-state index contributed by atoms with van der Waals surface area (Å²) in [5.74, 6) is 0.138. The zero-order valence-electron chi connectivity index (χ0n) is 10.8. The summed E-state index contributed by atoms with van der Waals surface area (Å²) in [4.78, 5) is 14.1. The van der Waals surface area contributed by atoms with Crippen LogP contribution in [-0.2, 0) is 4.79 Å². The standard InChI is InChI=1S/C15H19NO2S/c17-12-8-6-11(7-9-12)16-13(14(19)15(16)18)10-4-2-1-3-5-10/h1-5,11-14,17,19H,6-9H2/t11?,12?,13?,14-/m1/s1. The fourth-order valence-electron chi connectivity index (χ4n) is 3.23. The predicted octanol–water partition coefficient (Wildman–Crippen LogP) is 2.17. The van der Waals surface area contributed by atoms with E-state index in [0.717, 1.165) is 31.2 Å². The van der Waals surface area contributed by atoms with E-state index < -0.39 is 0 Å². The molecule has 4 heteroatoms. The molecular weight excluding hydrogens is 258 g/mol. The summed E-state index contributed by atoms with van der Waals surface area (Å²) in [7, 11) is 0. The Labute approximate surface area is 119 Å². The van der Waals surface area contributed by atoms with Crippen LogP contribution in [-0.4, -0.2) is 33.3 Å². The van der Waals surface area contributed by atoms with Gasteiger partial charge in [0.2, 0.25) is 5.91 Å². The molecule has 1 aliphatic carbocycles. The first-order valence-corrected chi connectivity index (χ1v) is 7.43. The Bertz CT molecular complexity index is 456. The number of aliphatic hydroxyl groups excluding tert-OH is 1. The number of rotatable bonds is 2. The summed E-state index contributed by atoms with van der Waals surface area (Å²) in [5, 5.41) is 9.37. The normalized spacial score (nSPS) is 35.1. The monoisotopic (exact) mass is 277 g/mol. The Hall–Kier alpha value is -1.00. The van der Waals surface area contributed by atoms with Crippen molar-refractivity contribution in [2.45, 2.75) is 49.1 Å². The van der Waals surface area contributed by atoms with Gasteiger partial charge in [-0.1, -0.05) is 30.3 Å². The predicted molar refractivity (Wildman–Crippen MR) is 77.1 cm³/mol. The molecule has 1 saturated heterocycles. The highest BCUT2D eigenvalue weighted by Gasteiger charge is 2.49. The summed E-state index contributed by atoms with van der Waals surface area (Å²) >= 11 is 4.44. The molecule has 1 aromatic rings. The van der Waals surface area contributed by atoms with Gasteiger partial charge in [0.25, 0.3) is 0 Å². The minimum atomic E-state index is -0.214. The molecule has 102 valence electrons. The molecule has 1 aromatic carbocycles. The highest BCUT2D eigenvalue weighted by Crippen LogP contribution is 2.42. The smallest absolute Gasteiger partial charge is 0.238 e.